The van der Waals surface area contributed by atoms with Crippen molar-refractivity contribution in [3.8, 4) is 0 Å². The Morgan fingerprint density at radius 2 is 1.09 bits per heavy atom. The molecule has 22 heavy (non-hydrogen) atoms. The molecule has 8 heteroatoms. The van der Waals surface area contributed by atoms with E-state index in [4.69, 9.17) is 11.5 Å². The number of nitro benzene ring substituents is 2. The lowest BCUT2D eigenvalue weighted by atomic mass is 10.2. The van der Waals surface area contributed by atoms with Crippen LogP contribution < -0.4 is 11.5 Å². The Morgan fingerprint density at radius 1 is 0.773 bits per heavy atom. The Labute approximate surface area is 126 Å². The predicted molar refractivity (Wildman–Crippen MR) is 84.5 cm³/mol. The maximum atomic E-state index is 10.3. The zero-order chi connectivity index (χ0) is 16.9. The molecule has 0 spiro atoms. The first kappa shape index (κ1) is 16.9. The maximum absolute atomic E-state index is 10.3. The molecule has 0 fully saturated rings. The number of benzene rings is 2. The van der Waals surface area contributed by atoms with Gasteiger partial charge in [-0.05, 0) is 37.1 Å². The third kappa shape index (κ3) is 4.44. The number of nitrogens with two attached hydrogens (primary N) is 2. The van der Waals surface area contributed by atoms with Crippen LogP contribution in [0.5, 0.6) is 0 Å². The van der Waals surface area contributed by atoms with Gasteiger partial charge in [-0.15, -0.1) is 0 Å². The number of nitrogens with zero attached hydrogens (tertiary/aromatic N) is 2. The minimum Gasteiger partial charge on any atom is -0.393 e. The molecule has 0 saturated heterocycles. The van der Waals surface area contributed by atoms with Gasteiger partial charge in [0.1, 0.15) is 11.4 Å². The summed E-state index contributed by atoms with van der Waals surface area (Å²) in [5.41, 5.74) is 12.7. The molecule has 2 aromatic carbocycles. The summed E-state index contributed by atoms with van der Waals surface area (Å²) in [5.74, 6) is 0. The highest BCUT2D eigenvalue weighted by Crippen LogP contribution is 2.22. The lowest BCUT2D eigenvalue weighted by Crippen LogP contribution is -1.95. The normalized spacial score (nSPS) is 9.55. The molecule has 0 aliphatic carbocycles. The van der Waals surface area contributed by atoms with Crippen molar-refractivity contribution in [1.82, 2.24) is 0 Å². The molecular weight excluding hydrogens is 288 g/mol. The van der Waals surface area contributed by atoms with Gasteiger partial charge in [-0.3, -0.25) is 20.2 Å². The van der Waals surface area contributed by atoms with Crippen LogP contribution in [0.2, 0.25) is 0 Å². The molecule has 0 heterocycles. The second kappa shape index (κ2) is 7.02. The fourth-order valence-electron chi connectivity index (χ4n) is 1.62. The number of anilines is 2. The van der Waals surface area contributed by atoms with E-state index in [0.29, 0.717) is 0 Å². The highest BCUT2D eigenvalue weighted by molar-refractivity contribution is 5.59. The van der Waals surface area contributed by atoms with Crippen molar-refractivity contribution in [2.45, 2.75) is 13.8 Å². The van der Waals surface area contributed by atoms with Crippen LogP contribution in [-0.2, 0) is 0 Å². The summed E-state index contributed by atoms with van der Waals surface area (Å²) in [5, 5.41) is 20.6. The van der Waals surface area contributed by atoms with Crippen molar-refractivity contribution >= 4 is 22.7 Å². The van der Waals surface area contributed by atoms with Crippen LogP contribution in [-0.4, -0.2) is 9.85 Å². The molecular formula is C14H16N4O4. The van der Waals surface area contributed by atoms with Gasteiger partial charge >= 0.3 is 0 Å². The molecule has 0 atom stereocenters. The van der Waals surface area contributed by atoms with Gasteiger partial charge in [-0.2, -0.15) is 0 Å². The first-order valence-corrected chi connectivity index (χ1v) is 6.23. The van der Waals surface area contributed by atoms with Crippen molar-refractivity contribution in [2.75, 3.05) is 11.5 Å². The quantitative estimate of drug-likeness (QED) is 0.496. The molecule has 116 valence electrons. The fourth-order valence-corrected chi connectivity index (χ4v) is 1.62. The molecule has 0 unspecified atom stereocenters. The standard InChI is InChI=1S/2C7H8N2O2/c2*1-5-2-3-6(8)7(4-5)9(10)11/h2*2-4H,8H2,1H3. The van der Waals surface area contributed by atoms with Gasteiger partial charge in [0.15, 0.2) is 0 Å². The van der Waals surface area contributed by atoms with Gasteiger partial charge in [0.25, 0.3) is 11.4 Å². The third-order valence-corrected chi connectivity index (χ3v) is 2.77. The summed E-state index contributed by atoms with van der Waals surface area (Å²) >= 11 is 0. The number of nitro groups is 2. The molecule has 0 radical (unpaired) electrons. The highest BCUT2D eigenvalue weighted by atomic mass is 16.6. The summed E-state index contributed by atoms with van der Waals surface area (Å²) in [4.78, 5) is 19.6. The zero-order valence-electron chi connectivity index (χ0n) is 12.1. The van der Waals surface area contributed by atoms with Gasteiger partial charge in [0.2, 0.25) is 0 Å². The smallest absolute Gasteiger partial charge is 0.292 e. The Kier molecular flexibility index (Phi) is 5.39. The first-order valence-electron chi connectivity index (χ1n) is 6.23. The average Bonchev–Trinajstić information content (AvgIpc) is 2.44. The van der Waals surface area contributed by atoms with E-state index in [0.717, 1.165) is 11.1 Å². The molecule has 8 nitrogen and oxygen atoms in total. The van der Waals surface area contributed by atoms with Crippen LogP contribution in [0.15, 0.2) is 36.4 Å². The molecule has 0 saturated carbocycles. The average molecular weight is 304 g/mol. The van der Waals surface area contributed by atoms with Gasteiger partial charge in [-0.1, -0.05) is 12.1 Å². The summed E-state index contributed by atoms with van der Waals surface area (Å²) in [6, 6.07) is 9.45. The summed E-state index contributed by atoms with van der Waals surface area (Å²) in [6.07, 6.45) is 0. The highest BCUT2D eigenvalue weighted by Gasteiger charge is 2.10. The minimum absolute atomic E-state index is 0.0231. The van der Waals surface area contributed by atoms with Crippen LogP contribution >= 0.6 is 0 Å². The number of hydrogen-bond acceptors (Lipinski definition) is 6. The van der Waals surface area contributed by atoms with E-state index >= 15 is 0 Å². The molecule has 0 aliphatic rings. The molecule has 2 aromatic rings. The van der Waals surface area contributed by atoms with Crippen molar-refractivity contribution in [2.24, 2.45) is 0 Å². The summed E-state index contributed by atoms with van der Waals surface area (Å²) in [6.45, 7) is 3.57. The van der Waals surface area contributed by atoms with E-state index in [-0.39, 0.29) is 22.7 Å². The topological polar surface area (TPSA) is 138 Å². The second-order valence-corrected chi connectivity index (χ2v) is 4.64. The van der Waals surface area contributed by atoms with Crippen molar-refractivity contribution < 1.29 is 9.85 Å². The van der Waals surface area contributed by atoms with E-state index in [1.807, 2.05) is 0 Å². The van der Waals surface area contributed by atoms with E-state index in [1.54, 1.807) is 26.0 Å². The van der Waals surface area contributed by atoms with Crippen LogP contribution in [0.3, 0.4) is 0 Å². The predicted octanol–water partition coefficient (Wildman–Crippen LogP) is 2.97. The van der Waals surface area contributed by atoms with E-state index in [2.05, 4.69) is 0 Å². The SMILES string of the molecule is Cc1ccc(N)c([N+](=O)[O-])c1.Cc1ccc(N)c([N+](=O)[O-])c1. The number of hydrogen-bond donors (Lipinski definition) is 2. The maximum Gasteiger partial charge on any atom is 0.292 e. The molecule has 0 amide bonds. The second-order valence-electron chi connectivity index (χ2n) is 4.64. The summed E-state index contributed by atoms with van der Waals surface area (Å²) in [7, 11) is 0. The number of nitrogen functional groups attached to an aromatic ring is 2. The largest absolute Gasteiger partial charge is 0.393 e. The Morgan fingerprint density at radius 3 is 1.32 bits per heavy atom. The fraction of sp³-hybridized carbons (Fsp3) is 0.143. The van der Waals surface area contributed by atoms with Crippen molar-refractivity contribution in [3.05, 3.63) is 67.8 Å². The Bertz CT molecular complexity index is 654. The molecule has 2 rings (SSSR count). The van der Waals surface area contributed by atoms with Crippen molar-refractivity contribution in [1.29, 1.82) is 0 Å². The van der Waals surface area contributed by atoms with E-state index < -0.39 is 9.85 Å². The van der Waals surface area contributed by atoms with Gasteiger partial charge in [0, 0.05) is 12.1 Å². The van der Waals surface area contributed by atoms with Gasteiger partial charge < -0.3 is 11.5 Å². The number of aryl methyl sites for hydroxylation is 2. The van der Waals surface area contributed by atoms with Crippen LogP contribution in [0.4, 0.5) is 22.7 Å². The van der Waals surface area contributed by atoms with Crippen LogP contribution in [0, 0.1) is 34.1 Å². The Hall–Kier alpha value is -3.16. The minimum atomic E-state index is -0.484. The third-order valence-electron chi connectivity index (χ3n) is 2.77. The van der Waals surface area contributed by atoms with Crippen molar-refractivity contribution in [3.63, 3.8) is 0 Å². The summed E-state index contributed by atoms with van der Waals surface area (Å²) < 4.78 is 0. The van der Waals surface area contributed by atoms with Crippen LogP contribution in [0.25, 0.3) is 0 Å². The molecule has 0 bridgehead atoms. The first-order chi connectivity index (χ1) is 10.2. The molecule has 0 aromatic heterocycles. The lowest BCUT2D eigenvalue weighted by Gasteiger charge is -1.96. The van der Waals surface area contributed by atoms with E-state index in [9.17, 15) is 20.2 Å². The lowest BCUT2D eigenvalue weighted by molar-refractivity contribution is -0.384. The molecule has 4 N–H and O–H groups in total. The van der Waals surface area contributed by atoms with Crippen LogP contribution in [0.1, 0.15) is 11.1 Å². The van der Waals surface area contributed by atoms with E-state index in [1.165, 1.54) is 24.3 Å². The Balaban J connectivity index is 0.000000220. The monoisotopic (exact) mass is 304 g/mol. The molecule has 0 aliphatic heterocycles. The van der Waals surface area contributed by atoms with Gasteiger partial charge in [-0.25, -0.2) is 0 Å². The zero-order valence-corrected chi connectivity index (χ0v) is 12.1. The van der Waals surface area contributed by atoms with Gasteiger partial charge in [0.05, 0.1) is 9.85 Å². The number of rotatable bonds is 2.